The van der Waals surface area contributed by atoms with Crippen LogP contribution in [-0.2, 0) is 0 Å². The molecule has 32 heavy (non-hydrogen) atoms. The first kappa shape index (κ1) is 19.3. The van der Waals surface area contributed by atoms with Crippen LogP contribution in [0.15, 0.2) is 103 Å². The highest BCUT2D eigenvalue weighted by Gasteiger charge is 2.26. The Morgan fingerprint density at radius 2 is 1.09 bits per heavy atom. The Morgan fingerprint density at radius 1 is 0.531 bits per heavy atom. The lowest BCUT2D eigenvalue weighted by Crippen LogP contribution is -2.32. The first-order chi connectivity index (χ1) is 15.7. The molecule has 2 nitrogen and oxygen atoms in total. The second-order valence-electron chi connectivity index (χ2n) is 7.95. The van der Waals surface area contributed by atoms with E-state index in [2.05, 4.69) is 60.7 Å². The number of thiophene rings is 1. The molecule has 4 heteroatoms. The van der Waals surface area contributed by atoms with Crippen LogP contribution in [0.5, 0.6) is 0 Å². The molecule has 6 aromatic rings. The van der Waals surface area contributed by atoms with Crippen LogP contribution in [0.2, 0.25) is 0 Å². The molecule has 0 spiro atoms. The minimum atomic E-state index is -1.57. The van der Waals surface area contributed by atoms with E-state index in [1.165, 1.54) is 0 Å². The molecule has 0 amide bonds. The van der Waals surface area contributed by atoms with Crippen LogP contribution in [0.4, 0.5) is 0 Å². The summed E-state index contributed by atoms with van der Waals surface area (Å²) in [4.78, 5) is 0. The van der Waals surface area contributed by atoms with E-state index in [0.717, 1.165) is 53.2 Å². The molecule has 0 atom stereocenters. The molecule has 1 heterocycles. The van der Waals surface area contributed by atoms with E-state index in [-0.39, 0.29) is 0 Å². The molecule has 6 rings (SSSR count). The number of benzene rings is 5. The summed E-state index contributed by atoms with van der Waals surface area (Å²) in [7, 11) is -1.57. The molecule has 0 aliphatic heterocycles. The van der Waals surface area contributed by atoms with Gasteiger partial charge >= 0.3 is 7.12 Å². The fourth-order valence-corrected chi connectivity index (χ4v) is 5.98. The molecule has 5 aromatic carbocycles. The van der Waals surface area contributed by atoms with Crippen LogP contribution in [0.1, 0.15) is 0 Å². The van der Waals surface area contributed by atoms with Crippen molar-refractivity contribution >= 4 is 54.9 Å². The van der Waals surface area contributed by atoms with Gasteiger partial charge < -0.3 is 10.0 Å². The quantitative estimate of drug-likeness (QED) is 0.327. The van der Waals surface area contributed by atoms with E-state index in [9.17, 15) is 10.0 Å². The third-order valence-corrected chi connectivity index (χ3v) is 7.32. The fraction of sp³-hybridized carbons (Fsp3) is 0. The van der Waals surface area contributed by atoms with E-state index in [0.29, 0.717) is 5.46 Å². The van der Waals surface area contributed by atoms with Crippen molar-refractivity contribution < 1.29 is 10.0 Å². The van der Waals surface area contributed by atoms with Gasteiger partial charge in [-0.2, -0.15) is 0 Å². The molecule has 0 aliphatic carbocycles. The topological polar surface area (TPSA) is 40.5 Å². The Balaban J connectivity index is 1.69. The van der Waals surface area contributed by atoms with Crippen molar-refractivity contribution in [2.75, 3.05) is 0 Å². The SMILES string of the molecule is OB(O)c1c(-c2ccc(-c3ccccc3)cc2)c2ccccc2c2c1sc1ccccc12. The smallest absolute Gasteiger partial charge is 0.423 e. The van der Waals surface area contributed by atoms with Crippen LogP contribution in [0.3, 0.4) is 0 Å². The lowest BCUT2D eigenvalue weighted by atomic mass is 9.72. The van der Waals surface area contributed by atoms with E-state index in [4.69, 9.17) is 0 Å². The zero-order valence-electron chi connectivity index (χ0n) is 17.2. The summed E-state index contributed by atoms with van der Waals surface area (Å²) in [5.41, 5.74) is 4.73. The van der Waals surface area contributed by atoms with Crippen LogP contribution in [0.25, 0.3) is 53.2 Å². The maximum atomic E-state index is 10.5. The fourth-order valence-electron chi connectivity index (χ4n) is 4.70. The van der Waals surface area contributed by atoms with Crippen molar-refractivity contribution in [3.8, 4) is 22.3 Å². The zero-order valence-corrected chi connectivity index (χ0v) is 18.0. The van der Waals surface area contributed by atoms with E-state index in [1.54, 1.807) is 11.3 Å². The van der Waals surface area contributed by atoms with Crippen molar-refractivity contribution in [2.45, 2.75) is 0 Å². The Hall–Kier alpha value is -3.44. The molecule has 152 valence electrons. The van der Waals surface area contributed by atoms with Crippen molar-refractivity contribution in [2.24, 2.45) is 0 Å². The third kappa shape index (κ3) is 2.96. The van der Waals surface area contributed by atoms with Gasteiger partial charge in [0.2, 0.25) is 0 Å². The van der Waals surface area contributed by atoms with Crippen molar-refractivity contribution in [3.05, 3.63) is 103 Å². The van der Waals surface area contributed by atoms with Gasteiger partial charge in [0, 0.05) is 25.6 Å². The third-order valence-electron chi connectivity index (χ3n) is 6.11. The maximum Gasteiger partial charge on any atom is 0.490 e. The predicted molar refractivity (Wildman–Crippen MR) is 138 cm³/mol. The molecule has 0 aliphatic rings. The van der Waals surface area contributed by atoms with Crippen LogP contribution < -0.4 is 5.46 Å². The molecule has 0 radical (unpaired) electrons. The average Bonchev–Trinajstić information content (AvgIpc) is 3.23. The van der Waals surface area contributed by atoms with Gasteiger partial charge in [-0.15, -0.1) is 11.3 Å². The first-order valence-electron chi connectivity index (χ1n) is 10.6. The monoisotopic (exact) mass is 430 g/mol. The minimum Gasteiger partial charge on any atom is -0.423 e. The zero-order chi connectivity index (χ0) is 21.7. The molecule has 0 saturated carbocycles. The number of hydrogen-bond acceptors (Lipinski definition) is 3. The summed E-state index contributed by atoms with van der Waals surface area (Å²) < 4.78 is 2.08. The number of hydrogen-bond donors (Lipinski definition) is 2. The van der Waals surface area contributed by atoms with Gasteiger partial charge in [-0.1, -0.05) is 97.1 Å². The van der Waals surface area contributed by atoms with Gasteiger partial charge in [-0.05, 0) is 39.1 Å². The van der Waals surface area contributed by atoms with Gasteiger partial charge in [0.25, 0.3) is 0 Å². The minimum absolute atomic E-state index is 0.576. The summed E-state index contributed by atoms with van der Waals surface area (Å²) >= 11 is 1.62. The van der Waals surface area contributed by atoms with Gasteiger partial charge in [-0.3, -0.25) is 0 Å². The molecule has 0 unspecified atom stereocenters. The molecular formula is C28H19BO2S. The van der Waals surface area contributed by atoms with Gasteiger partial charge in [0.1, 0.15) is 0 Å². The molecule has 0 bridgehead atoms. The van der Waals surface area contributed by atoms with Gasteiger partial charge in [0.15, 0.2) is 0 Å². The molecule has 0 saturated heterocycles. The normalized spacial score (nSPS) is 11.4. The highest BCUT2D eigenvalue weighted by Crippen LogP contribution is 2.41. The largest absolute Gasteiger partial charge is 0.490 e. The van der Waals surface area contributed by atoms with Crippen LogP contribution >= 0.6 is 11.3 Å². The lowest BCUT2D eigenvalue weighted by molar-refractivity contribution is 0.426. The van der Waals surface area contributed by atoms with E-state index in [1.807, 2.05) is 42.5 Å². The molecule has 0 fully saturated rings. The first-order valence-corrected chi connectivity index (χ1v) is 11.4. The molecule has 1 aromatic heterocycles. The summed E-state index contributed by atoms with van der Waals surface area (Å²) in [6.45, 7) is 0. The van der Waals surface area contributed by atoms with Crippen molar-refractivity contribution in [3.63, 3.8) is 0 Å². The van der Waals surface area contributed by atoms with E-state index < -0.39 is 7.12 Å². The van der Waals surface area contributed by atoms with Gasteiger partial charge in [0.05, 0.1) is 0 Å². The van der Waals surface area contributed by atoms with Crippen molar-refractivity contribution in [1.29, 1.82) is 0 Å². The number of fused-ring (bicyclic) bond motifs is 5. The highest BCUT2D eigenvalue weighted by atomic mass is 32.1. The van der Waals surface area contributed by atoms with Crippen LogP contribution in [0, 0.1) is 0 Å². The standard InChI is InChI=1S/C28H19BO2S/c30-29(31)27-25(20-16-14-19(15-17-20)18-8-2-1-3-9-18)21-10-4-5-11-22(21)26-23-12-6-7-13-24(23)32-28(26)27/h1-17,30-31H. The summed E-state index contributed by atoms with van der Waals surface area (Å²) in [6, 6.07) is 35.2. The predicted octanol–water partition coefficient (Wildman–Crippen LogP) is 6.22. The van der Waals surface area contributed by atoms with Crippen molar-refractivity contribution in [1.82, 2.24) is 0 Å². The summed E-state index contributed by atoms with van der Waals surface area (Å²) in [5.74, 6) is 0. The molecular weight excluding hydrogens is 411 g/mol. The lowest BCUT2D eigenvalue weighted by Gasteiger charge is -2.16. The average molecular weight is 430 g/mol. The Kier molecular flexibility index (Phi) is 4.58. The second-order valence-corrected chi connectivity index (χ2v) is 9.01. The Labute approximate surface area is 190 Å². The summed E-state index contributed by atoms with van der Waals surface area (Å²) in [6.07, 6.45) is 0. The Morgan fingerprint density at radius 3 is 1.81 bits per heavy atom. The highest BCUT2D eigenvalue weighted by molar-refractivity contribution is 7.27. The molecule has 2 N–H and O–H groups in total. The van der Waals surface area contributed by atoms with E-state index >= 15 is 0 Å². The Bertz CT molecular complexity index is 1590. The second kappa shape index (κ2) is 7.61. The maximum absolute atomic E-state index is 10.5. The van der Waals surface area contributed by atoms with Crippen LogP contribution in [-0.4, -0.2) is 17.2 Å². The summed E-state index contributed by atoms with van der Waals surface area (Å²) in [5, 5.41) is 25.5. The number of rotatable bonds is 3. The van der Waals surface area contributed by atoms with Gasteiger partial charge in [-0.25, -0.2) is 0 Å².